The summed E-state index contributed by atoms with van der Waals surface area (Å²) >= 11 is 0. The standard InChI is InChI=1S/C17H34BNO/c1-4-6-8-10-12-17(3,11-9-7-5-2)19-13-14-20-16(18)15-19/h16H,4-15H2,1-3H3. The highest BCUT2D eigenvalue weighted by Crippen LogP contribution is 2.30. The van der Waals surface area contributed by atoms with Crippen LogP contribution in [0.2, 0.25) is 0 Å². The number of morpholine rings is 1. The van der Waals surface area contributed by atoms with Crippen molar-refractivity contribution < 1.29 is 4.74 Å². The highest BCUT2D eigenvalue weighted by Gasteiger charge is 2.33. The molecule has 3 heteroatoms. The average molecular weight is 279 g/mol. The second-order valence-electron chi connectivity index (χ2n) is 6.62. The van der Waals surface area contributed by atoms with Crippen LogP contribution in [0.5, 0.6) is 0 Å². The van der Waals surface area contributed by atoms with E-state index in [0.29, 0.717) is 5.54 Å². The van der Waals surface area contributed by atoms with E-state index in [1.807, 2.05) is 0 Å². The van der Waals surface area contributed by atoms with Gasteiger partial charge in [0.1, 0.15) is 7.85 Å². The third kappa shape index (κ3) is 6.18. The first kappa shape index (κ1) is 18.0. The summed E-state index contributed by atoms with van der Waals surface area (Å²) in [5.41, 5.74) is 0.324. The zero-order chi connectivity index (χ0) is 14.8. The minimum absolute atomic E-state index is 0.0927. The molecule has 1 aliphatic heterocycles. The zero-order valence-corrected chi connectivity index (χ0v) is 14.0. The Morgan fingerprint density at radius 2 is 1.65 bits per heavy atom. The van der Waals surface area contributed by atoms with Crippen LogP contribution in [-0.4, -0.2) is 44.0 Å². The van der Waals surface area contributed by atoms with Gasteiger partial charge in [0, 0.05) is 24.6 Å². The third-order valence-corrected chi connectivity index (χ3v) is 4.74. The molecule has 116 valence electrons. The average Bonchev–Trinajstić information content (AvgIpc) is 2.44. The molecule has 1 aliphatic rings. The van der Waals surface area contributed by atoms with Crippen molar-refractivity contribution >= 4 is 7.85 Å². The Morgan fingerprint density at radius 1 is 1.05 bits per heavy atom. The number of nitrogens with zero attached hydrogens (tertiary/aromatic N) is 1. The number of ether oxygens (including phenoxy) is 1. The van der Waals surface area contributed by atoms with Crippen molar-refractivity contribution in [2.75, 3.05) is 19.7 Å². The molecule has 20 heavy (non-hydrogen) atoms. The molecule has 1 fully saturated rings. The Labute approximate surface area is 128 Å². The monoisotopic (exact) mass is 279 g/mol. The van der Waals surface area contributed by atoms with E-state index in [0.717, 1.165) is 19.7 Å². The van der Waals surface area contributed by atoms with Crippen LogP contribution in [0.15, 0.2) is 0 Å². The van der Waals surface area contributed by atoms with Crippen LogP contribution in [0.3, 0.4) is 0 Å². The first-order valence-electron chi connectivity index (χ1n) is 8.74. The highest BCUT2D eigenvalue weighted by molar-refractivity contribution is 6.11. The molecule has 0 saturated carbocycles. The lowest BCUT2D eigenvalue weighted by atomic mass is 9.84. The molecule has 0 N–H and O–H groups in total. The van der Waals surface area contributed by atoms with Gasteiger partial charge in [0.15, 0.2) is 0 Å². The molecule has 0 bridgehead atoms. The van der Waals surface area contributed by atoms with E-state index in [1.165, 1.54) is 57.8 Å². The fraction of sp³-hybridized carbons (Fsp3) is 1.00. The van der Waals surface area contributed by atoms with E-state index in [9.17, 15) is 0 Å². The smallest absolute Gasteiger partial charge is 0.110 e. The van der Waals surface area contributed by atoms with Crippen molar-refractivity contribution in [3.05, 3.63) is 0 Å². The van der Waals surface area contributed by atoms with Crippen molar-refractivity contribution in [1.29, 1.82) is 0 Å². The van der Waals surface area contributed by atoms with Crippen LogP contribution in [-0.2, 0) is 4.74 Å². The van der Waals surface area contributed by atoms with Crippen molar-refractivity contribution in [1.82, 2.24) is 4.90 Å². The van der Waals surface area contributed by atoms with E-state index in [4.69, 9.17) is 12.6 Å². The molecule has 2 atom stereocenters. The first-order chi connectivity index (χ1) is 9.62. The van der Waals surface area contributed by atoms with Gasteiger partial charge in [0.2, 0.25) is 0 Å². The summed E-state index contributed by atoms with van der Waals surface area (Å²) in [6, 6.07) is -0.0927. The minimum atomic E-state index is -0.0927. The SMILES string of the molecule is [B]C1CN(C(C)(CCCCC)CCCCCC)CCO1. The maximum absolute atomic E-state index is 5.99. The van der Waals surface area contributed by atoms with Crippen molar-refractivity contribution in [3.63, 3.8) is 0 Å². The van der Waals surface area contributed by atoms with Gasteiger partial charge in [-0.15, -0.1) is 0 Å². The topological polar surface area (TPSA) is 12.5 Å². The molecule has 1 heterocycles. The molecule has 0 spiro atoms. The maximum atomic E-state index is 5.99. The fourth-order valence-electron chi connectivity index (χ4n) is 3.30. The van der Waals surface area contributed by atoms with Crippen LogP contribution in [0.4, 0.5) is 0 Å². The van der Waals surface area contributed by atoms with E-state index in [1.54, 1.807) is 0 Å². The summed E-state index contributed by atoms with van der Waals surface area (Å²) in [6.07, 6.45) is 12.0. The van der Waals surface area contributed by atoms with E-state index in [-0.39, 0.29) is 6.00 Å². The molecule has 1 saturated heterocycles. The molecule has 2 radical (unpaired) electrons. The number of hydrogen-bond acceptors (Lipinski definition) is 2. The highest BCUT2D eigenvalue weighted by atomic mass is 16.5. The molecule has 0 aromatic heterocycles. The van der Waals surface area contributed by atoms with Gasteiger partial charge in [-0.2, -0.15) is 0 Å². The van der Waals surface area contributed by atoms with Gasteiger partial charge in [-0.1, -0.05) is 58.8 Å². The summed E-state index contributed by atoms with van der Waals surface area (Å²) in [5, 5.41) is 0. The van der Waals surface area contributed by atoms with Crippen LogP contribution in [0.25, 0.3) is 0 Å². The molecular formula is C17H34BNO. The Bertz CT molecular complexity index is 249. The fourth-order valence-corrected chi connectivity index (χ4v) is 3.30. The second kappa shape index (κ2) is 9.84. The van der Waals surface area contributed by atoms with Crippen molar-refractivity contribution in [2.24, 2.45) is 0 Å². The van der Waals surface area contributed by atoms with Crippen LogP contribution >= 0.6 is 0 Å². The molecule has 1 rings (SSSR count). The van der Waals surface area contributed by atoms with E-state index < -0.39 is 0 Å². The number of hydrogen-bond donors (Lipinski definition) is 0. The van der Waals surface area contributed by atoms with Gasteiger partial charge < -0.3 is 4.74 Å². The number of unbranched alkanes of at least 4 members (excludes halogenated alkanes) is 5. The zero-order valence-electron chi connectivity index (χ0n) is 14.0. The predicted octanol–water partition coefficient (Wildman–Crippen LogP) is 4.12. The lowest BCUT2D eigenvalue weighted by molar-refractivity contribution is -0.0409. The first-order valence-corrected chi connectivity index (χ1v) is 8.74. The Kier molecular flexibility index (Phi) is 8.87. The molecule has 0 aliphatic carbocycles. The van der Waals surface area contributed by atoms with Gasteiger partial charge >= 0.3 is 0 Å². The summed E-state index contributed by atoms with van der Waals surface area (Å²) in [4.78, 5) is 2.60. The number of rotatable bonds is 10. The van der Waals surface area contributed by atoms with Gasteiger partial charge in [-0.25, -0.2) is 0 Å². The molecule has 0 aromatic carbocycles. The lowest BCUT2D eigenvalue weighted by Gasteiger charge is -2.46. The van der Waals surface area contributed by atoms with Crippen LogP contribution in [0, 0.1) is 0 Å². The molecular weight excluding hydrogens is 245 g/mol. The van der Waals surface area contributed by atoms with Crippen LogP contribution in [0.1, 0.15) is 78.6 Å². The minimum Gasteiger partial charge on any atom is -0.385 e. The predicted molar refractivity (Wildman–Crippen MR) is 88.4 cm³/mol. The summed E-state index contributed by atoms with van der Waals surface area (Å²) < 4.78 is 5.51. The molecule has 2 unspecified atom stereocenters. The quantitative estimate of drug-likeness (QED) is 0.440. The van der Waals surface area contributed by atoms with Gasteiger partial charge in [-0.3, -0.25) is 4.90 Å². The Hall–Kier alpha value is -0.0151. The van der Waals surface area contributed by atoms with Gasteiger partial charge in [0.25, 0.3) is 0 Å². The van der Waals surface area contributed by atoms with E-state index in [2.05, 4.69) is 25.7 Å². The summed E-state index contributed by atoms with van der Waals surface area (Å²) in [7, 11) is 5.99. The largest absolute Gasteiger partial charge is 0.385 e. The van der Waals surface area contributed by atoms with Gasteiger partial charge in [0.05, 0.1) is 6.61 Å². The van der Waals surface area contributed by atoms with E-state index >= 15 is 0 Å². The second-order valence-corrected chi connectivity index (χ2v) is 6.62. The Balaban J connectivity index is 2.51. The van der Waals surface area contributed by atoms with Crippen molar-refractivity contribution in [2.45, 2.75) is 90.1 Å². The summed E-state index contributed by atoms with van der Waals surface area (Å²) in [5.74, 6) is 0. The molecule has 0 aromatic rings. The maximum Gasteiger partial charge on any atom is 0.110 e. The van der Waals surface area contributed by atoms with Gasteiger partial charge in [-0.05, 0) is 19.8 Å². The molecule has 2 nitrogen and oxygen atoms in total. The Morgan fingerprint density at radius 3 is 2.25 bits per heavy atom. The van der Waals surface area contributed by atoms with Crippen LogP contribution < -0.4 is 0 Å². The van der Waals surface area contributed by atoms with Crippen molar-refractivity contribution in [3.8, 4) is 0 Å². The third-order valence-electron chi connectivity index (χ3n) is 4.74. The molecule has 0 amide bonds. The normalized spacial score (nSPS) is 23.6. The lowest BCUT2D eigenvalue weighted by Crippen LogP contribution is -2.54. The summed E-state index contributed by atoms with van der Waals surface area (Å²) in [6.45, 7) is 9.75.